The first kappa shape index (κ1) is 47.7. The van der Waals surface area contributed by atoms with Crippen LogP contribution in [0.4, 0.5) is 0 Å². The van der Waals surface area contributed by atoms with Gasteiger partial charge in [0, 0.05) is 44.1 Å². The van der Waals surface area contributed by atoms with E-state index in [0.717, 1.165) is 13.8 Å². The first-order valence-electron chi connectivity index (χ1n) is 21.9. The second-order valence-corrected chi connectivity index (χ2v) is 18.2. The number of esters is 5. The largest absolute Gasteiger partial charge is 0.455 e. The highest BCUT2D eigenvalue weighted by Gasteiger charge is 2.78. The third-order valence-corrected chi connectivity index (χ3v) is 14.0. The summed E-state index contributed by atoms with van der Waals surface area (Å²) in [5.74, 6) is -7.68. The molecule has 1 aliphatic heterocycles. The molecular weight excluding hydrogens is 855 g/mol. The Bertz CT molecular complexity index is 2420. The highest BCUT2D eigenvalue weighted by atomic mass is 16.6. The lowest BCUT2D eigenvalue weighted by atomic mass is 9.44. The van der Waals surface area contributed by atoms with Crippen LogP contribution in [0.2, 0.25) is 0 Å². The van der Waals surface area contributed by atoms with E-state index in [2.05, 4.69) is 5.32 Å². The monoisotopic (exact) mass is 909 g/mol. The number of Topliss-reactive ketones (excluding diaryl/α,β-unsaturated/α-hetero) is 1. The Morgan fingerprint density at radius 3 is 1.97 bits per heavy atom. The predicted molar refractivity (Wildman–Crippen MR) is 232 cm³/mol. The Balaban J connectivity index is 1.42. The third-order valence-electron chi connectivity index (χ3n) is 14.0. The molecule has 350 valence electrons. The topological polar surface area (TPSA) is 227 Å². The van der Waals surface area contributed by atoms with Gasteiger partial charge in [0.05, 0.1) is 29.6 Å². The number of nitrogens with one attached hydrogen (secondary N) is 1. The number of amides is 1. The number of ketones is 1. The molecule has 2 saturated carbocycles. The van der Waals surface area contributed by atoms with E-state index in [1.165, 1.54) is 32.9 Å². The van der Waals surface area contributed by atoms with Gasteiger partial charge < -0.3 is 44.0 Å². The molecule has 11 atom stereocenters. The van der Waals surface area contributed by atoms with Crippen molar-refractivity contribution >= 4 is 41.5 Å². The Labute approximate surface area is 381 Å². The van der Waals surface area contributed by atoms with Crippen molar-refractivity contribution in [2.24, 2.45) is 16.7 Å². The van der Waals surface area contributed by atoms with E-state index in [4.69, 9.17) is 28.4 Å². The number of fused-ring (bicyclic) bond motifs is 5. The summed E-state index contributed by atoms with van der Waals surface area (Å²) >= 11 is 0. The molecule has 16 heteroatoms. The summed E-state index contributed by atoms with van der Waals surface area (Å²) in [5.41, 5.74) is -7.19. The molecule has 0 spiro atoms. The van der Waals surface area contributed by atoms with Gasteiger partial charge >= 0.3 is 29.8 Å². The average Bonchev–Trinajstić information content (AvgIpc) is 3.28. The lowest BCUT2D eigenvalue weighted by Crippen LogP contribution is -2.82. The minimum absolute atomic E-state index is 0.0190. The minimum atomic E-state index is -2.43. The molecule has 0 radical (unpaired) electrons. The highest BCUT2D eigenvalue weighted by Crippen LogP contribution is 2.64. The number of hydrogen-bond donors (Lipinski definition) is 3. The number of carbonyl (C=O) groups excluding carboxylic acids is 7. The van der Waals surface area contributed by atoms with Gasteiger partial charge in [0.25, 0.3) is 5.91 Å². The smallest absolute Gasteiger partial charge is 0.350 e. The Hall–Kier alpha value is -6.23. The molecule has 0 aromatic heterocycles. The zero-order valence-electron chi connectivity index (χ0n) is 37.8. The van der Waals surface area contributed by atoms with Crippen molar-refractivity contribution in [2.45, 2.75) is 122 Å². The van der Waals surface area contributed by atoms with Gasteiger partial charge in [0.15, 0.2) is 17.5 Å². The molecule has 66 heavy (non-hydrogen) atoms. The number of rotatable bonds is 12. The summed E-state index contributed by atoms with van der Waals surface area (Å²) in [5, 5.41) is 28.8. The fraction of sp³-hybridized carbons (Fsp3) is 0.460. The molecule has 7 rings (SSSR count). The van der Waals surface area contributed by atoms with Gasteiger partial charge in [-0.2, -0.15) is 0 Å². The summed E-state index contributed by atoms with van der Waals surface area (Å²) in [7, 11) is 0. The van der Waals surface area contributed by atoms with E-state index < -0.39 is 119 Å². The number of hydrogen-bond acceptors (Lipinski definition) is 15. The number of benzene rings is 3. The molecule has 2 bridgehead atoms. The lowest BCUT2D eigenvalue weighted by Gasteiger charge is -2.67. The Morgan fingerprint density at radius 2 is 1.42 bits per heavy atom. The predicted octanol–water partition coefficient (Wildman–Crippen LogP) is 4.70. The average molecular weight is 910 g/mol. The molecule has 3 fully saturated rings. The standard InChI is InChI=1S/C50H55NO15/c1-8-36(55)64-40(38(30-18-12-9-13-19-30)51-44(57)31-20-14-10-15-21-31)46(59)63-33-25-50(60)43(65-45(58)32-22-16-11-17-23-32)41-48(7,34(54)24-35-49(41,26-61-35)66-29(4)53)42(56)39(62-28(3)52)37(27(33)2)47(50,5)6/h9-23,33-35,38-41,43,54,60H,8,24-26H2,1-7H3,(H,51,57)/t33-,34-,35+,38-,39+,40+,41?,43?,48+,49-,50+/m0/s1. The second kappa shape index (κ2) is 18.2. The third kappa shape index (κ3) is 8.19. The van der Waals surface area contributed by atoms with Crippen LogP contribution in [0.25, 0.3) is 0 Å². The molecule has 3 N–H and O–H groups in total. The van der Waals surface area contributed by atoms with Gasteiger partial charge in [-0.05, 0) is 54.8 Å². The zero-order valence-corrected chi connectivity index (χ0v) is 37.8. The van der Waals surface area contributed by atoms with Crippen molar-refractivity contribution < 1.29 is 72.2 Å². The summed E-state index contributed by atoms with van der Waals surface area (Å²) in [6.45, 7) is 9.46. The van der Waals surface area contributed by atoms with Crippen LogP contribution in [0.5, 0.6) is 0 Å². The van der Waals surface area contributed by atoms with Crippen molar-refractivity contribution in [1.82, 2.24) is 5.32 Å². The first-order chi connectivity index (χ1) is 31.2. The number of aliphatic hydroxyl groups excluding tert-OH is 1. The van der Waals surface area contributed by atoms with Crippen LogP contribution < -0.4 is 5.32 Å². The van der Waals surface area contributed by atoms with Crippen LogP contribution in [-0.4, -0.2) is 106 Å². The van der Waals surface area contributed by atoms with Crippen LogP contribution in [0, 0.1) is 16.7 Å². The molecule has 3 aromatic carbocycles. The SMILES string of the molecule is CCC(=O)O[C@@H](C(=O)O[C@H]1C[C@@]2(O)C(OC(=O)c3ccccc3)C3[C@](C)(C(=O)[C@H](OC(C)=O)C(=C1C)C2(C)C)[C@@H](O)C[C@H]1OC[C@@]31OC(C)=O)[C@@H](NC(=O)c1ccccc1)c1ccccc1. The van der Waals surface area contributed by atoms with Gasteiger partial charge in [-0.25, -0.2) is 9.59 Å². The van der Waals surface area contributed by atoms with E-state index in [1.807, 2.05) is 0 Å². The summed E-state index contributed by atoms with van der Waals surface area (Å²) < 4.78 is 36.4. The van der Waals surface area contributed by atoms with E-state index in [9.17, 15) is 39.0 Å². The molecule has 1 heterocycles. The fourth-order valence-electron chi connectivity index (χ4n) is 10.5. The zero-order chi connectivity index (χ0) is 47.9. The highest BCUT2D eigenvalue weighted by molar-refractivity contribution is 5.96. The van der Waals surface area contributed by atoms with Gasteiger partial charge in [-0.1, -0.05) is 87.5 Å². The maximum atomic E-state index is 15.6. The molecule has 3 aromatic rings. The molecule has 3 aliphatic carbocycles. The molecule has 4 aliphatic rings. The number of carbonyl (C=O) groups is 7. The van der Waals surface area contributed by atoms with Crippen LogP contribution in [-0.2, 0) is 52.4 Å². The van der Waals surface area contributed by atoms with Crippen LogP contribution in [0.15, 0.2) is 102 Å². The van der Waals surface area contributed by atoms with Crippen molar-refractivity contribution in [2.75, 3.05) is 6.61 Å². The van der Waals surface area contributed by atoms with Crippen LogP contribution in [0.3, 0.4) is 0 Å². The van der Waals surface area contributed by atoms with Crippen molar-refractivity contribution in [3.8, 4) is 0 Å². The fourth-order valence-corrected chi connectivity index (χ4v) is 10.5. The molecule has 1 saturated heterocycles. The minimum Gasteiger partial charge on any atom is -0.455 e. The molecule has 16 nitrogen and oxygen atoms in total. The van der Waals surface area contributed by atoms with Crippen molar-refractivity contribution in [1.29, 1.82) is 0 Å². The van der Waals surface area contributed by atoms with Gasteiger partial charge in [0.2, 0.25) is 6.10 Å². The second-order valence-electron chi connectivity index (χ2n) is 18.2. The molecular formula is C50H55NO15. The quantitative estimate of drug-likeness (QED) is 0.127. The lowest BCUT2D eigenvalue weighted by molar-refractivity contribution is -0.346. The molecule has 1 amide bonds. The van der Waals surface area contributed by atoms with Crippen molar-refractivity contribution in [3.05, 3.63) is 119 Å². The summed E-state index contributed by atoms with van der Waals surface area (Å²) in [6.07, 6.45) is -10.7. The summed E-state index contributed by atoms with van der Waals surface area (Å²) in [6, 6.07) is 23.0. The van der Waals surface area contributed by atoms with E-state index in [1.54, 1.807) is 92.7 Å². The van der Waals surface area contributed by atoms with Crippen LogP contribution in [0.1, 0.15) is 100 Å². The maximum Gasteiger partial charge on any atom is 0.350 e. The van der Waals surface area contributed by atoms with Gasteiger partial charge in [-0.15, -0.1) is 0 Å². The summed E-state index contributed by atoms with van der Waals surface area (Å²) in [4.78, 5) is 98.0. The first-order valence-corrected chi connectivity index (χ1v) is 21.9. The van der Waals surface area contributed by atoms with E-state index >= 15 is 4.79 Å². The number of ether oxygens (including phenoxy) is 6. The van der Waals surface area contributed by atoms with Gasteiger partial charge in [0.1, 0.15) is 30.0 Å². The normalized spacial score (nSPS) is 30.5. The Morgan fingerprint density at radius 1 is 0.833 bits per heavy atom. The van der Waals surface area contributed by atoms with Gasteiger partial charge in [-0.3, -0.25) is 24.0 Å². The maximum absolute atomic E-state index is 15.6. The van der Waals surface area contributed by atoms with E-state index in [0.29, 0.717) is 5.56 Å². The molecule has 2 unspecified atom stereocenters. The Kier molecular flexibility index (Phi) is 13.2. The van der Waals surface area contributed by atoms with E-state index in [-0.39, 0.29) is 41.7 Å². The van der Waals surface area contributed by atoms with Crippen molar-refractivity contribution in [3.63, 3.8) is 0 Å². The number of aliphatic hydroxyl groups is 2. The van der Waals surface area contributed by atoms with Crippen LogP contribution >= 0.6 is 0 Å².